The van der Waals surface area contributed by atoms with E-state index >= 15 is 0 Å². The van der Waals surface area contributed by atoms with Gasteiger partial charge in [-0.1, -0.05) is 5.92 Å². The standard InChI is InChI=1S/C11H15NO2/c1-3-8-12(2)11(14)9-4-6-10(13)7-5-9/h1,9H,4-8H2,2H3. The molecule has 1 rings (SSSR count). The predicted molar refractivity (Wildman–Crippen MR) is 53.4 cm³/mol. The van der Waals surface area contributed by atoms with Crippen molar-refractivity contribution in [3.63, 3.8) is 0 Å². The van der Waals surface area contributed by atoms with Gasteiger partial charge in [-0.25, -0.2) is 0 Å². The summed E-state index contributed by atoms with van der Waals surface area (Å²) in [6.45, 7) is 0.350. The van der Waals surface area contributed by atoms with Crippen LogP contribution in [0.5, 0.6) is 0 Å². The second-order valence-electron chi connectivity index (χ2n) is 3.71. The quantitative estimate of drug-likeness (QED) is 0.609. The number of carbonyl (C=O) groups excluding carboxylic acids is 2. The molecule has 14 heavy (non-hydrogen) atoms. The zero-order chi connectivity index (χ0) is 10.6. The molecule has 76 valence electrons. The Labute approximate surface area is 84.5 Å². The number of hydrogen-bond acceptors (Lipinski definition) is 2. The highest BCUT2D eigenvalue weighted by molar-refractivity contribution is 5.84. The van der Waals surface area contributed by atoms with E-state index in [-0.39, 0.29) is 17.6 Å². The molecule has 1 amide bonds. The van der Waals surface area contributed by atoms with Gasteiger partial charge in [0.1, 0.15) is 5.78 Å². The third kappa shape index (κ3) is 2.59. The Hall–Kier alpha value is -1.30. The lowest BCUT2D eigenvalue weighted by atomic mass is 9.87. The highest BCUT2D eigenvalue weighted by Crippen LogP contribution is 2.22. The van der Waals surface area contributed by atoms with Crippen LogP contribution in [-0.4, -0.2) is 30.2 Å². The second kappa shape index (κ2) is 4.80. The van der Waals surface area contributed by atoms with Gasteiger partial charge in [0.05, 0.1) is 6.54 Å². The molecule has 0 unspecified atom stereocenters. The molecule has 0 aromatic heterocycles. The van der Waals surface area contributed by atoms with Crippen molar-refractivity contribution in [2.45, 2.75) is 25.7 Å². The molecule has 0 aliphatic heterocycles. The van der Waals surface area contributed by atoms with Crippen LogP contribution in [0, 0.1) is 18.3 Å². The lowest BCUT2D eigenvalue weighted by molar-refractivity contribution is -0.135. The molecule has 0 aromatic carbocycles. The van der Waals surface area contributed by atoms with Gasteiger partial charge in [0.25, 0.3) is 0 Å². The van der Waals surface area contributed by atoms with E-state index in [1.807, 2.05) is 0 Å². The van der Waals surface area contributed by atoms with Gasteiger partial charge < -0.3 is 4.90 Å². The SMILES string of the molecule is C#CCN(C)C(=O)C1CCC(=O)CC1. The summed E-state index contributed by atoms with van der Waals surface area (Å²) in [4.78, 5) is 24.2. The summed E-state index contributed by atoms with van der Waals surface area (Å²) < 4.78 is 0. The Morgan fingerprint density at radius 1 is 1.57 bits per heavy atom. The summed E-state index contributed by atoms with van der Waals surface area (Å²) >= 11 is 0. The molecule has 0 atom stereocenters. The number of amides is 1. The van der Waals surface area contributed by atoms with Crippen molar-refractivity contribution in [2.24, 2.45) is 5.92 Å². The Balaban J connectivity index is 2.45. The largest absolute Gasteiger partial charge is 0.334 e. The van der Waals surface area contributed by atoms with Crippen molar-refractivity contribution in [2.75, 3.05) is 13.6 Å². The molecular weight excluding hydrogens is 178 g/mol. The maximum atomic E-state index is 11.7. The first-order chi connectivity index (χ1) is 6.65. The molecule has 0 saturated heterocycles. The predicted octanol–water partition coefficient (Wildman–Crippen LogP) is 0.837. The fourth-order valence-corrected chi connectivity index (χ4v) is 1.71. The van der Waals surface area contributed by atoms with E-state index in [1.165, 1.54) is 0 Å². The van der Waals surface area contributed by atoms with Crippen molar-refractivity contribution in [3.8, 4) is 12.3 Å². The molecule has 0 heterocycles. The van der Waals surface area contributed by atoms with Crippen LogP contribution in [0.2, 0.25) is 0 Å². The monoisotopic (exact) mass is 193 g/mol. The van der Waals surface area contributed by atoms with Crippen molar-refractivity contribution in [1.29, 1.82) is 0 Å². The van der Waals surface area contributed by atoms with E-state index in [9.17, 15) is 9.59 Å². The molecule has 0 radical (unpaired) electrons. The molecular formula is C11H15NO2. The van der Waals surface area contributed by atoms with E-state index < -0.39 is 0 Å². The van der Waals surface area contributed by atoms with Gasteiger partial charge in [0.2, 0.25) is 5.91 Å². The number of nitrogens with zero attached hydrogens (tertiary/aromatic N) is 1. The van der Waals surface area contributed by atoms with Crippen molar-refractivity contribution < 1.29 is 9.59 Å². The van der Waals surface area contributed by atoms with E-state index in [0.717, 1.165) is 0 Å². The topological polar surface area (TPSA) is 37.4 Å². The minimum atomic E-state index is 0.00560. The highest BCUT2D eigenvalue weighted by atomic mass is 16.2. The van der Waals surface area contributed by atoms with Gasteiger partial charge in [-0.3, -0.25) is 9.59 Å². The molecule has 1 saturated carbocycles. The van der Waals surface area contributed by atoms with Gasteiger partial charge >= 0.3 is 0 Å². The van der Waals surface area contributed by atoms with Gasteiger partial charge in [-0.05, 0) is 12.8 Å². The van der Waals surface area contributed by atoms with Crippen molar-refractivity contribution in [1.82, 2.24) is 4.90 Å². The maximum absolute atomic E-state index is 11.7. The molecule has 1 aliphatic carbocycles. The Morgan fingerprint density at radius 3 is 2.64 bits per heavy atom. The highest BCUT2D eigenvalue weighted by Gasteiger charge is 2.26. The first-order valence-electron chi connectivity index (χ1n) is 4.85. The number of hydrogen-bond donors (Lipinski definition) is 0. The third-order valence-corrected chi connectivity index (χ3v) is 2.60. The fraction of sp³-hybridized carbons (Fsp3) is 0.636. The van der Waals surface area contributed by atoms with Crippen molar-refractivity contribution >= 4 is 11.7 Å². The zero-order valence-corrected chi connectivity index (χ0v) is 8.45. The molecule has 0 aromatic rings. The van der Waals surface area contributed by atoms with Crippen LogP contribution in [0.3, 0.4) is 0 Å². The summed E-state index contributed by atoms with van der Waals surface area (Å²) in [5.74, 6) is 2.79. The van der Waals surface area contributed by atoms with Crippen LogP contribution in [0.25, 0.3) is 0 Å². The summed E-state index contributed by atoms with van der Waals surface area (Å²) in [7, 11) is 1.71. The molecule has 1 fully saturated rings. The maximum Gasteiger partial charge on any atom is 0.226 e. The number of ketones is 1. The van der Waals surface area contributed by atoms with E-state index in [0.29, 0.717) is 32.2 Å². The minimum Gasteiger partial charge on any atom is -0.334 e. The molecule has 3 nitrogen and oxygen atoms in total. The molecule has 0 N–H and O–H groups in total. The lowest BCUT2D eigenvalue weighted by Gasteiger charge is -2.24. The number of terminal acetylenes is 1. The summed E-state index contributed by atoms with van der Waals surface area (Å²) in [5.41, 5.74) is 0. The lowest BCUT2D eigenvalue weighted by Crippen LogP contribution is -2.35. The fourth-order valence-electron chi connectivity index (χ4n) is 1.71. The third-order valence-electron chi connectivity index (χ3n) is 2.60. The normalized spacial score (nSPS) is 17.6. The van der Waals surface area contributed by atoms with Crippen LogP contribution in [0.1, 0.15) is 25.7 Å². The average Bonchev–Trinajstić information content (AvgIpc) is 2.18. The number of rotatable bonds is 2. The smallest absolute Gasteiger partial charge is 0.226 e. The van der Waals surface area contributed by atoms with Gasteiger partial charge in [-0.15, -0.1) is 6.42 Å². The van der Waals surface area contributed by atoms with Gasteiger partial charge in [0.15, 0.2) is 0 Å². The van der Waals surface area contributed by atoms with Crippen LogP contribution in [0.4, 0.5) is 0 Å². The first kappa shape index (κ1) is 10.8. The van der Waals surface area contributed by atoms with Gasteiger partial charge in [-0.2, -0.15) is 0 Å². The zero-order valence-electron chi connectivity index (χ0n) is 8.45. The first-order valence-corrected chi connectivity index (χ1v) is 4.85. The van der Waals surface area contributed by atoms with Gasteiger partial charge in [0, 0.05) is 25.8 Å². The summed E-state index contributed by atoms with van der Waals surface area (Å²) in [5, 5.41) is 0. The van der Waals surface area contributed by atoms with E-state index in [1.54, 1.807) is 11.9 Å². The molecule has 3 heteroatoms. The molecule has 0 spiro atoms. The summed E-state index contributed by atoms with van der Waals surface area (Å²) in [6, 6.07) is 0. The second-order valence-corrected chi connectivity index (χ2v) is 3.71. The molecule has 0 bridgehead atoms. The van der Waals surface area contributed by atoms with E-state index in [2.05, 4.69) is 5.92 Å². The van der Waals surface area contributed by atoms with Crippen LogP contribution < -0.4 is 0 Å². The summed E-state index contributed by atoms with van der Waals surface area (Å²) in [6.07, 6.45) is 7.58. The average molecular weight is 193 g/mol. The van der Waals surface area contributed by atoms with Crippen LogP contribution >= 0.6 is 0 Å². The number of carbonyl (C=O) groups is 2. The minimum absolute atomic E-state index is 0.00560. The van der Waals surface area contributed by atoms with Crippen molar-refractivity contribution in [3.05, 3.63) is 0 Å². The van der Waals surface area contributed by atoms with E-state index in [4.69, 9.17) is 6.42 Å². The molecule has 1 aliphatic rings. The Kier molecular flexibility index (Phi) is 3.70. The van der Waals surface area contributed by atoms with Crippen LogP contribution in [-0.2, 0) is 9.59 Å². The number of Topliss-reactive ketones (excluding diaryl/α,β-unsaturated/α-hetero) is 1. The van der Waals surface area contributed by atoms with Crippen LogP contribution in [0.15, 0.2) is 0 Å². The Morgan fingerprint density at radius 2 is 2.14 bits per heavy atom. The Bertz CT molecular complexity index is 268.